The molecule has 4 nitrogen and oxygen atoms in total. The molecule has 6 heteroatoms. The molecule has 6 rings (SSSR count). The summed E-state index contributed by atoms with van der Waals surface area (Å²) in [5, 5.41) is 6.22. The molecule has 0 bridgehead atoms. The molecule has 2 unspecified atom stereocenters. The first-order valence-electron chi connectivity index (χ1n) is 11.1. The van der Waals surface area contributed by atoms with Crippen molar-refractivity contribution in [1.29, 1.82) is 0 Å². The highest BCUT2D eigenvalue weighted by Crippen LogP contribution is 2.43. The molecular weight excluding hydrogens is 443 g/mol. The summed E-state index contributed by atoms with van der Waals surface area (Å²) < 4.78 is 17.2. The van der Waals surface area contributed by atoms with Crippen LogP contribution < -0.4 is 10.2 Å². The van der Waals surface area contributed by atoms with Gasteiger partial charge >= 0.3 is 0 Å². The number of nitrogens with zero attached hydrogens (tertiary/aromatic N) is 3. The second-order valence-corrected chi connectivity index (χ2v) is 8.67. The van der Waals surface area contributed by atoms with Gasteiger partial charge in [0.15, 0.2) is 5.11 Å². The van der Waals surface area contributed by atoms with Crippen molar-refractivity contribution in [3.63, 3.8) is 0 Å². The van der Waals surface area contributed by atoms with Gasteiger partial charge in [0, 0.05) is 23.8 Å². The Morgan fingerprint density at radius 2 is 1.62 bits per heavy atom. The molecule has 2 aromatic heterocycles. The van der Waals surface area contributed by atoms with Gasteiger partial charge in [-0.2, -0.15) is 0 Å². The predicted molar refractivity (Wildman–Crippen MR) is 138 cm³/mol. The van der Waals surface area contributed by atoms with Crippen LogP contribution in [0.15, 0.2) is 109 Å². The van der Waals surface area contributed by atoms with Gasteiger partial charge in [0.2, 0.25) is 0 Å². The summed E-state index contributed by atoms with van der Waals surface area (Å²) in [5.41, 5.74) is 3.31. The lowest BCUT2D eigenvalue weighted by molar-refractivity contribution is 0.542. The summed E-state index contributed by atoms with van der Waals surface area (Å²) >= 11 is 5.74. The fraction of sp³-hybridized carbons (Fsp3) is 0.0714. The highest BCUT2D eigenvalue weighted by Gasteiger charge is 2.43. The average Bonchev–Trinajstić information content (AvgIpc) is 3.49. The summed E-state index contributed by atoms with van der Waals surface area (Å²) in [6.07, 6.45) is 3.81. The number of hydrogen-bond donors (Lipinski definition) is 1. The van der Waals surface area contributed by atoms with E-state index in [0.29, 0.717) is 10.8 Å². The first-order valence-corrected chi connectivity index (χ1v) is 11.5. The van der Waals surface area contributed by atoms with Crippen molar-refractivity contribution in [2.24, 2.45) is 0 Å². The second-order valence-electron chi connectivity index (χ2n) is 8.28. The molecule has 1 saturated heterocycles. The van der Waals surface area contributed by atoms with Crippen molar-refractivity contribution in [2.75, 3.05) is 4.90 Å². The summed E-state index contributed by atoms with van der Waals surface area (Å²) in [6.45, 7) is 0. The molecule has 0 radical (unpaired) electrons. The van der Waals surface area contributed by atoms with Crippen molar-refractivity contribution in [2.45, 2.75) is 12.1 Å². The van der Waals surface area contributed by atoms with E-state index in [1.165, 1.54) is 11.5 Å². The Morgan fingerprint density at radius 3 is 2.44 bits per heavy atom. The van der Waals surface area contributed by atoms with Crippen LogP contribution in [0, 0.1) is 5.82 Å². The number of aromatic nitrogens is 2. The van der Waals surface area contributed by atoms with Crippen LogP contribution in [0.5, 0.6) is 0 Å². The number of pyridine rings is 1. The topological polar surface area (TPSA) is 33.1 Å². The van der Waals surface area contributed by atoms with Gasteiger partial charge in [-0.05, 0) is 71.5 Å². The van der Waals surface area contributed by atoms with Gasteiger partial charge in [-0.15, -0.1) is 0 Å². The van der Waals surface area contributed by atoms with Crippen LogP contribution in [-0.4, -0.2) is 14.7 Å². The minimum atomic E-state index is -0.317. The fourth-order valence-corrected chi connectivity index (χ4v) is 5.10. The SMILES string of the molecule is Fc1ccccc1N1C(=S)NC(c2ccccn2)C1c1cccn1-c1ccc2ccccc2c1. The first-order chi connectivity index (χ1) is 16.7. The molecule has 0 saturated carbocycles. The molecule has 0 amide bonds. The van der Waals surface area contributed by atoms with Crippen LogP contribution in [0.1, 0.15) is 23.5 Å². The van der Waals surface area contributed by atoms with E-state index in [0.717, 1.165) is 22.5 Å². The van der Waals surface area contributed by atoms with Crippen molar-refractivity contribution in [3.8, 4) is 5.69 Å². The zero-order valence-corrected chi connectivity index (χ0v) is 19.0. The van der Waals surface area contributed by atoms with Crippen LogP contribution in [0.25, 0.3) is 16.5 Å². The number of thiocarbonyl (C=S) groups is 1. The van der Waals surface area contributed by atoms with Crippen LogP contribution in [-0.2, 0) is 0 Å². The highest BCUT2D eigenvalue weighted by molar-refractivity contribution is 7.80. The summed E-state index contributed by atoms with van der Waals surface area (Å²) in [6, 6.07) is 30.8. The minimum absolute atomic E-state index is 0.248. The lowest BCUT2D eigenvalue weighted by Gasteiger charge is -2.29. The summed E-state index contributed by atoms with van der Waals surface area (Å²) in [5.74, 6) is -0.317. The summed E-state index contributed by atoms with van der Waals surface area (Å²) in [7, 11) is 0. The molecule has 3 heterocycles. The predicted octanol–water partition coefficient (Wildman–Crippen LogP) is 6.34. The minimum Gasteiger partial charge on any atom is -0.351 e. The van der Waals surface area contributed by atoms with Crippen LogP contribution in [0.4, 0.5) is 10.1 Å². The molecule has 1 fully saturated rings. The van der Waals surface area contributed by atoms with Gasteiger partial charge in [-0.3, -0.25) is 4.98 Å². The molecule has 166 valence electrons. The maximum Gasteiger partial charge on any atom is 0.174 e. The Labute approximate surface area is 202 Å². The standard InChI is InChI=1S/C28H21FN4S/c29-22-10-3-4-12-24(22)33-27(26(31-28(33)34)23-11-5-6-16-30-23)25-13-7-17-32(25)21-15-14-19-8-1-2-9-20(19)18-21/h1-18,26-27H,(H,31,34). The molecule has 0 aliphatic carbocycles. The van der Waals surface area contributed by atoms with E-state index in [1.807, 2.05) is 53.6 Å². The van der Waals surface area contributed by atoms with E-state index >= 15 is 4.39 Å². The van der Waals surface area contributed by atoms with Gasteiger partial charge in [0.25, 0.3) is 0 Å². The van der Waals surface area contributed by atoms with E-state index in [1.54, 1.807) is 18.3 Å². The Hall–Kier alpha value is -4.03. The zero-order valence-electron chi connectivity index (χ0n) is 18.2. The number of benzene rings is 3. The Kier molecular flexibility index (Phi) is 5.08. The molecule has 2 atom stereocenters. The van der Waals surface area contributed by atoms with Gasteiger partial charge in [-0.1, -0.05) is 48.5 Å². The molecule has 3 aromatic carbocycles. The third kappa shape index (κ3) is 3.43. The highest BCUT2D eigenvalue weighted by atomic mass is 32.1. The molecule has 34 heavy (non-hydrogen) atoms. The number of halogens is 1. The van der Waals surface area contributed by atoms with E-state index in [2.05, 4.69) is 51.3 Å². The largest absolute Gasteiger partial charge is 0.351 e. The van der Waals surface area contributed by atoms with Gasteiger partial charge in [0.1, 0.15) is 11.9 Å². The molecule has 1 N–H and O–H groups in total. The maximum atomic E-state index is 15.0. The van der Waals surface area contributed by atoms with Gasteiger partial charge in [-0.25, -0.2) is 4.39 Å². The van der Waals surface area contributed by atoms with Crippen molar-refractivity contribution >= 4 is 33.8 Å². The third-order valence-electron chi connectivity index (χ3n) is 6.30. The lowest BCUT2D eigenvalue weighted by atomic mass is 10.0. The number of para-hydroxylation sites is 1. The number of hydrogen-bond acceptors (Lipinski definition) is 2. The van der Waals surface area contributed by atoms with Crippen LogP contribution >= 0.6 is 12.2 Å². The molecule has 0 spiro atoms. The Balaban J connectivity index is 1.53. The van der Waals surface area contributed by atoms with Crippen LogP contribution in [0.3, 0.4) is 0 Å². The zero-order chi connectivity index (χ0) is 23.1. The molecule has 1 aliphatic heterocycles. The van der Waals surface area contributed by atoms with Gasteiger partial charge in [0.05, 0.1) is 17.4 Å². The van der Waals surface area contributed by atoms with Crippen LogP contribution in [0.2, 0.25) is 0 Å². The van der Waals surface area contributed by atoms with E-state index in [9.17, 15) is 0 Å². The maximum absolute atomic E-state index is 15.0. The van der Waals surface area contributed by atoms with Crippen molar-refractivity contribution < 1.29 is 4.39 Å². The quantitative estimate of drug-likeness (QED) is 0.315. The lowest BCUT2D eigenvalue weighted by Crippen LogP contribution is -2.31. The van der Waals surface area contributed by atoms with Crippen molar-refractivity contribution in [1.82, 2.24) is 14.9 Å². The number of fused-ring (bicyclic) bond motifs is 1. The van der Waals surface area contributed by atoms with Gasteiger partial charge < -0.3 is 14.8 Å². The first kappa shape index (κ1) is 20.6. The molecular formula is C28H21FN4S. The molecule has 1 aliphatic rings. The summed E-state index contributed by atoms with van der Waals surface area (Å²) in [4.78, 5) is 6.47. The Bertz CT molecular complexity index is 1500. The fourth-order valence-electron chi connectivity index (χ4n) is 4.76. The Morgan fingerprint density at radius 1 is 0.824 bits per heavy atom. The monoisotopic (exact) mass is 464 g/mol. The van der Waals surface area contributed by atoms with E-state index in [-0.39, 0.29) is 17.9 Å². The number of anilines is 1. The number of rotatable bonds is 4. The third-order valence-corrected chi connectivity index (χ3v) is 6.62. The normalized spacial score (nSPS) is 17.8. The van der Waals surface area contributed by atoms with E-state index in [4.69, 9.17) is 12.2 Å². The molecule has 5 aromatic rings. The van der Waals surface area contributed by atoms with Crippen molar-refractivity contribution in [3.05, 3.63) is 127 Å². The second kappa shape index (κ2) is 8.39. The average molecular weight is 465 g/mol. The number of nitrogens with one attached hydrogen (secondary N) is 1. The van der Waals surface area contributed by atoms with E-state index < -0.39 is 0 Å². The smallest absolute Gasteiger partial charge is 0.174 e.